The summed E-state index contributed by atoms with van der Waals surface area (Å²) in [4.78, 5) is 15.8. The fraction of sp³-hybridized carbons (Fsp3) is 0.500. The van der Waals surface area contributed by atoms with Crippen LogP contribution in [0.1, 0.15) is 43.6 Å². The molecule has 0 N–H and O–H groups in total. The van der Waals surface area contributed by atoms with Crippen LogP contribution in [0.5, 0.6) is 0 Å². The lowest BCUT2D eigenvalue weighted by Gasteiger charge is -2.32. The maximum atomic E-state index is 11.7. The SMILES string of the molecule is COC(=O)c1cc(C=C(CS)B2OC(C)(C)C(C)(C)O2)cnc1Cl. The summed E-state index contributed by atoms with van der Waals surface area (Å²) < 4.78 is 16.8. The zero-order chi connectivity index (χ0) is 18.1. The highest BCUT2D eigenvalue weighted by molar-refractivity contribution is 7.80. The van der Waals surface area contributed by atoms with Gasteiger partial charge in [-0.3, -0.25) is 0 Å². The third kappa shape index (κ3) is 3.80. The fourth-order valence-corrected chi connectivity index (χ4v) is 2.61. The number of ether oxygens (including phenoxy) is 1. The van der Waals surface area contributed by atoms with Crippen LogP contribution >= 0.6 is 24.2 Å². The number of pyridine rings is 1. The Bertz CT molecular complexity index is 662. The molecule has 0 spiro atoms. The van der Waals surface area contributed by atoms with Crippen molar-refractivity contribution in [2.45, 2.75) is 38.9 Å². The second-order valence-corrected chi connectivity index (χ2v) is 7.24. The lowest BCUT2D eigenvalue weighted by Crippen LogP contribution is -2.41. The third-order valence-corrected chi connectivity index (χ3v) is 5.02. The number of aromatic nitrogens is 1. The van der Waals surface area contributed by atoms with Crippen LogP contribution in [0, 0.1) is 0 Å². The van der Waals surface area contributed by atoms with Gasteiger partial charge in [-0.2, -0.15) is 12.6 Å². The molecule has 1 saturated heterocycles. The second-order valence-electron chi connectivity index (χ2n) is 6.56. The Kier molecular flexibility index (Phi) is 5.70. The quantitative estimate of drug-likeness (QED) is 0.381. The van der Waals surface area contributed by atoms with Crippen LogP contribution in [-0.2, 0) is 14.0 Å². The van der Waals surface area contributed by atoms with E-state index in [-0.39, 0.29) is 10.7 Å². The van der Waals surface area contributed by atoms with Crippen molar-refractivity contribution in [3.8, 4) is 0 Å². The number of halogens is 1. The predicted molar refractivity (Wildman–Crippen MR) is 98.5 cm³/mol. The molecular formula is C16H21BClNO4S. The standard InChI is InChI=1S/C16H21BClNO4S/c1-15(2)16(3,4)23-17(22-15)11(9-24)6-10-7-12(14(20)21-5)13(18)19-8-10/h6-8,24H,9H2,1-5H3. The molecule has 0 aromatic carbocycles. The Morgan fingerprint density at radius 3 is 2.46 bits per heavy atom. The summed E-state index contributed by atoms with van der Waals surface area (Å²) in [5.41, 5.74) is 0.861. The first-order valence-corrected chi connectivity index (χ1v) is 8.53. The van der Waals surface area contributed by atoms with Crippen molar-refractivity contribution in [2.24, 2.45) is 0 Å². The minimum Gasteiger partial charge on any atom is -0.465 e. The topological polar surface area (TPSA) is 57.7 Å². The highest BCUT2D eigenvalue weighted by Crippen LogP contribution is 2.39. The van der Waals surface area contributed by atoms with Crippen LogP contribution in [0.25, 0.3) is 6.08 Å². The number of carbonyl (C=O) groups excluding carboxylic acids is 1. The maximum Gasteiger partial charge on any atom is 0.491 e. The minimum atomic E-state index is -0.536. The summed E-state index contributed by atoms with van der Waals surface area (Å²) in [6.07, 6.45) is 3.41. The lowest BCUT2D eigenvalue weighted by molar-refractivity contribution is 0.00578. The van der Waals surface area contributed by atoms with Crippen molar-refractivity contribution in [1.29, 1.82) is 0 Å². The van der Waals surface area contributed by atoms with Gasteiger partial charge in [0.25, 0.3) is 0 Å². The van der Waals surface area contributed by atoms with E-state index in [1.165, 1.54) is 7.11 Å². The molecular weight excluding hydrogens is 349 g/mol. The monoisotopic (exact) mass is 369 g/mol. The molecule has 2 rings (SSSR count). The molecule has 130 valence electrons. The normalized spacial score (nSPS) is 19.5. The summed E-state index contributed by atoms with van der Waals surface area (Å²) >= 11 is 10.3. The number of rotatable bonds is 4. The fourth-order valence-electron chi connectivity index (χ4n) is 2.19. The summed E-state index contributed by atoms with van der Waals surface area (Å²) in [6.45, 7) is 7.95. The molecule has 0 aliphatic carbocycles. The molecule has 0 bridgehead atoms. The molecule has 24 heavy (non-hydrogen) atoms. The smallest absolute Gasteiger partial charge is 0.465 e. The number of nitrogens with zero attached hydrogens (tertiary/aromatic N) is 1. The van der Waals surface area contributed by atoms with Gasteiger partial charge >= 0.3 is 13.1 Å². The van der Waals surface area contributed by atoms with Crippen molar-refractivity contribution in [2.75, 3.05) is 12.9 Å². The highest BCUT2D eigenvalue weighted by Gasteiger charge is 2.52. The molecule has 0 unspecified atom stereocenters. The van der Waals surface area contributed by atoms with Gasteiger partial charge in [-0.25, -0.2) is 9.78 Å². The number of thiol groups is 1. The van der Waals surface area contributed by atoms with Gasteiger partial charge in [-0.15, -0.1) is 0 Å². The van der Waals surface area contributed by atoms with Gasteiger partial charge in [0.05, 0.1) is 23.9 Å². The molecule has 1 aliphatic rings. The van der Waals surface area contributed by atoms with Crippen LogP contribution in [0.3, 0.4) is 0 Å². The third-order valence-electron chi connectivity index (χ3n) is 4.36. The first-order valence-electron chi connectivity index (χ1n) is 7.52. The van der Waals surface area contributed by atoms with E-state index in [4.69, 9.17) is 25.6 Å². The summed E-state index contributed by atoms with van der Waals surface area (Å²) in [5, 5.41) is 0.0991. The first kappa shape index (κ1) is 19.3. The molecule has 1 aromatic rings. The summed E-state index contributed by atoms with van der Waals surface area (Å²) in [6, 6.07) is 1.62. The van der Waals surface area contributed by atoms with Crippen molar-refractivity contribution in [1.82, 2.24) is 4.98 Å². The molecule has 8 heteroatoms. The van der Waals surface area contributed by atoms with Crippen LogP contribution in [-0.4, -0.2) is 42.1 Å². The highest BCUT2D eigenvalue weighted by atomic mass is 35.5. The Balaban J connectivity index is 2.34. The van der Waals surface area contributed by atoms with Crippen LogP contribution < -0.4 is 0 Å². The lowest BCUT2D eigenvalue weighted by atomic mass is 9.78. The van der Waals surface area contributed by atoms with Gasteiger partial charge in [0.1, 0.15) is 5.15 Å². The van der Waals surface area contributed by atoms with Gasteiger partial charge in [-0.05, 0) is 44.8 Å². The number of esters is 1. The van der Waals surface area contributed by atoms with Crippen LogP contribution in [0.2, 0.25) is 5.15 Å². The van der Waals surface area contributed by atoms with E-state index in [9.17, 15) is 4.79 Å². The summed E-state index contributed by atoms with van der Waals surface area (Å²) in [5.74, 6) is -0.0988. The number of carbonyl (C=O) groups is 1. The van der Waals surface area contributed by atoms with Crippen molar-refractivity contribution in [3.05, 3.63) is 34.0 Å². The molecule has 0 atom stereocenters. The Morgan fingerprint density at radius 1 is 1.38 bits per heavy atom. The zero-order valence-electron chi connectivity index (χ0n) is 14.4. The van der Waals surface area contributed by atoms with Crippen molar-refractivity contribution < 1.29 is 18.8 Å². The molecule has 0 amide bonds. The van der Waals surface area contributed by atoms with E-state index in [2.05, 4.69) is 17.6 Å². The molecule has 5 nitrogen and oxygen atoms in total. The first-order chi connectivity index (χ1) is 11.1. The van der Waals surface area contributed by atoms with E-state index in [1.807, 2.05) is 33.8 Å². The average Bonchev–Trinajstić information content (AvgIpc) is 2.73. The second kappa shape index (κ2) is 7.08. The van der Waals surface area contributed by atoms with Gasteiger partial charge < -0.3 is 14.0 Å². The largest absolute Gasteiger partial charge is 0.491 e. The minimum absolute atomic E-state index is 0.0991. The number of methoxy groups -OCH3 is 1. The molecule has 1 fully saturated rings. The predicted octanol–water partition coefficient (Wildman–Crippen LogP) is 3.47. The van der Waals surface area contributed by atoms with Crippen molar-refractivity contribution >= 4 is 43.4 Å². The molecule has 1 aromatic heterocycles. The van der Waals surface area contributed by atoms with E-state index in [0.717, 1.165) is 5.47 Å². The zero-order valence-corrected chi connectivity index (χ0v) is 16.1. The van der Waals surface area contributed by atoms with Crippen LogP contribution in [0.15, 0.2) is 17.7 Å². The van der Waals surface area contributed by atoms with Crippen LogP contribution in [0.4, 0.5) is 0 Å². The number of hydrogen-bond donors (Lipinski definition) is 1. The average molecular weight is 370 g/mol. The molecule has 0 radical (unpaired) electrons. The Morgan fingerprint density at radius 2 is 1.96 bits per heavy atom. The van der Waals surface area contributed by atoms with Gasteiger partial charge in [0, 0.05) is 11.9 Å². The molecule has 1 aliphatic heterocycles. The number of hydrogen-bond acceptors (Lipinski definition) is 6. The Hall–Kier alpha value is -1.02. The summed E-state index contributed by atoms with van der Waals surface area (Å²) in [7, 11) is 0.787. The van der Waals surface area contributed by atoms with E-state index in [1.54, 1.807) is 12.3 Å². The van der Waals surface area contributed by atoms with E-state index >= 15 is 0 Å². The van der Waals surface area contributed by atoms with E-state index < -0.39 is 24.3 Å². The van der Waals surface area contributed by atoms with Crippen molar-refractivity contribution in [3.63, 3.8) is 0 Å². The molecule has 0 saturated carbocycles. The Labute approximate surface area is 153 Å². The molecule has 2 heterocycles. The van der Waals surface area contributed by atoms with Gasteiger partial charge in [0.2, 0.25) is 0 Å². The van der Waals surface area contributed by atoms with Gasteiger partial charge in [0.15, 0.2) is 0 Å². The van der Waals surface area contributed by atoms with E-state index in [0.29, 0.717) is 11.3 Å². The van der Waals surface area contributed by atoms with Gasteiger partial charge in [-0.1, -0.05) is 17.7 Å². The maximum absolute atomic E-state index is 11.7.